The summed E-state index contributed by atoms with van der Waals surface area (Å²) < 4.78 is 31.3. The van der Waals surface area contributed by atoms with E-state index in [4.69, 9.17) is 28.4 Å². The monoisotopic (exact) mass is 546 g/mol. The molecule has 2 aromatic rings. The van der Waals surface area contributed by atoms with Crippen LogP contribution in [0.25, 0.3) is 0 Å². The first-order valence-electron chi connectivity index (χ1n) is 12.0. The Hall–Kier alpha value is -4.32. The molecule has 2 aromatic carbocycles. The maximum Gasteiger partial charge on any atom is 0.338 e. The lowest BCUT2D eigenvalue weighted by Crippen LogP contribution is -2.48. The molecule has 0 unspecified atom stereocenters. The second kappa shape index (κ2) is 15.2. The third-order valence-corrected chi connectivity index (χ3v) is 5.77. The number of carbonyl (C=O) groups excluding carboxylic acids is 4. The summed E-state index contributed by atoms with van der Waals surface area (Å²) in [4.78, 5) is 47.8. The summed E-state index contributed by atoms with van der Waals surface area (Å²) in [6.07, 6.45) is 0.443. The number of benzene rings is 2. The molecule has 0 aliphatic rings. The molecule has 2 rings (SSSR count). The molecule has 0 aromatic heterocycles. The van der Waals surface area contributed by atoms with Crippen LogP contribution in [0.15, 0.2) is 42.5 Å². The Morgan fingerprint density at radius 1 is 0.821 bits per heavy atom. The smallest absolute Gasteiger partial charge is 0.338 e. The molecule has 212 valence electrons. The predicted molar refractivity (Wildman–Crippen MR) is 139 cm³/mol. The van der Waals surface area contributed by atoms with Crippen LogP contribution in [0.2, 0.25) is 0 Å². The first kappa shape index (κ1) is 30.9. The van der Waals surface area contributed by atoms with E-state index in [1.54, 1.807) is 0 Å². The molecule has 0 aliphatic heterocycles. The van der Waals surface area contributed by atoms with Gasteiger partial charge in [0.2, 0.25) is 18.4 Å². The Kier molecular flexibility index (Phi) is 12.0. The molecule has 2 N–H and O–H groups in total. The number of methoxy groups -OCH3 is 3. The number of carbonyl (C=O) groups is 4. The molecule has 0 radical (unpaired) electrons. The lowest BCUT2D eigenvalue weighted by molar-refractivity contribution is -0.166. The maximum absolute atomic E-state index is 13.0. The normalized spacial score (nSPS) is 11.9. The molecule has 12 nitrogen and oxygen atoms in total. The minimum absolute atomic E-state index is 0.123. The van der Waals surface area contributed by atoms with E-state index < -0.39 is 36.1 Å². The average Bonchev–Trinajstić information content (AvgIpc) is 2.95. The molecular weight excluding hydrogens is 512 g/mol. The maximum atomic E-state index is 13.0. The quantitative estimate of drug-likeness (QED) is 0.249. The molecule has 1 atom stereocenters. The third kappa shape index (κ3) is 8.88. The van der Waals surface area contributed by atoms with Crippen LogP contribution < -0.4 is 24.8 Å². The van der Waals surface area contributed by atoms with Gasteiger partial charge in [-0.15, -0.1) is 0 Å². The van der Waals surface area contributed by atoms with Crippen LogP contribution in [0.4, 0.5) is 0 Å². The van der Waals surface area contributed by atoms with Gasteiger partial charge in [-0.2, -0.15) is 0 Å². The summed E-state index contributed by atoms with van der Waals surface area (Å²) in [5.74, 6) is -1.55. The van der Waals surface area contributed by atoms with E-state index in [0.29, 0.717) is 23.7 Å². The van der Waals surface area contributed by atoms with E-state index in [1.807, 2.05) is 37.3 Å². The van der Waals surface area contributed by atoms with Crippen LogP contribution in [-0.2, 0) is 34.1 Å². The second-order valence-corrected chi connectivity index (χ2v) is 8.21. The minimum atomic E-state index is -0.946. The van der Waals surface area contributed by atoms with Crippen molar-refractivity contribution in [1.29, 1.82) is 0 Å². The summed E-state index contributed by atoms with van der Waals surface area (Å²) in [7, 11) is 4.34. The Balaban J connectivity index is 2.11. The average molecular weight is 547 g/mol. The number of hydrogen-bond acceptors (Lipinski definition) is 11. The summed E-state index contributed by atoms with van der Waals surface area (Å²) >= 11 is 0. The van der Waals surface area contributed by atoms with Crippen molar-refractivity contribution in [3.63, 3.8) is 0 Å². The number of ether oxygens (including phenoxy) is 6. The van der Waals surface area contributed by atoms with Crippen molar-refractivity contribution in [3.05, 3.63) is 53.6 Å². The van der Waals surface area contributed by atoms with Crippen LogP contribution in [0.5, 0.6) is 17.2 Å². The number of esters is 3. The van der Waals surface area contributed by atoms with Crippen LogP contribution in [0, 0.1) is 0 Å². The van der Waals surface area contributed by atoms with Crippen molar-refractivity contribution in [3.8, 4) is 17.2 Å². The molecule has 0 spiro atoms. The zero-order valence-electron chi connectivity index (χ0n) is 22.7. The van der Waals surface area contributed by atoms with Gasteiger partial charge >= 0.3 is 17.9 Å². The van der Waals surface area contributed by atoms with Crippen LogP contribution in [-0.4, -0.2) is 71.6 Å². The number of amides is 1. The van der Waals surface area contributed by atoms with Gasteiger partial charge in [-0.25, -0.2) is 4.79 Å². The van der Waals surface area contributed by atoms with Gasteiger partial charge in [0.25, 0.3) is 0 Å². The van der Waals surface area contributed by atoms with Gasteiger partial charge in [-0.1, -0.05) is 37.3 Å². The highest BCUT2D eigenvalue weighted by atomic mass is 16.7. The SMILES string of the molecule is CC[C@](COC(=O)c1cc(OC)c(OC)c(OC)c1)(NCC(=O)OCOC(=O)CNC(C)=O)c1ccccc1. The standard InChI is InChI=1S/C27H34N2O10/c1-6-27(20-10-8-7-9-11-20,29-15-24(32)39-17-38-23(31)14-28-18(2)30)16-37-26(33)19-12-21(34-3)25(36-5)22(13-19)35-4/h7-13,29H,6,14-17H2,1-5H3,(H,28,30)/t27-/m1/s1. The van der Waals surface area contributed by atoms with E-state index in [1.165, 1.54) is 40.4 Å². The molecule has 0 aliphatic carbocycles. The molecule has 0 heterocycles. The first-order valence-corrected chi connectivity index (χ1v) is 12.0. The second-order valence-electron chi connectivity index (χ2n) is 8.21. The predicted octanol–water partition coefficient (Wildman–Crippen LogP) is 1.94. The van der Waals surface area contributed by atoms with E-state index in [0.717, 1.165) is 5.56 Å². The summed E-state index contributed by atoms with van der Waals surface area (Å²) in [6, 6.07) is 12.2. The summed E-state index contributed by atoms with van der Waals surface area (Å²) in [5.41, 5.74) is 0.0151. The minimum Gasteiger partial charge on any atom is -0.493 e. The zero-order chi connectivity index (χ0) is 28.8. The Labute approximate surface area is 226 Å². The molecular formula is C27H34N2O10. The highest BCUT2D eigenvalue weighted by Gasteiger charge is 2.33. The van der Waals surface area contributed by atoms with E-state index in [9.17, 15) is 19.2 Å². The van der Waals surface area contributed by atoms with E-state index >= 15 is 0 Å². The summed E-state index contributed by atoms with van der Waals surface area (Å²) in [5, 5.41) is 5.41. The largest absolute Gasteiger partial charge is 0.493 e. The van der Waals surface area contributed by atoms with Crippen molar-refractivity contribution < 1.29 is 47.6 Å². The van der Waals surface area contributed by atoms with Gasteiger partial charge in [0.05, 0.1) is 39.0 Å². The van der Waals surface area contributed by atoms with Gasteiger partial charge in [0, 0.05) is 6.92 Å². The van der Waals surface area contributed by atoms with Crippen molar-refractivity contribution in [2.24, 2.45) is 0 Å². The van der Waals surface area contributed by atoms with Crippen molar-refractivity contribution in [2.75, 3.05) is 47.8 Å². The molecule has 1 amide bonds. The highest BCUT2D eigenvalue weighted by Crippen LogP contribution is 2.38. The molecule has 0 fully saturated rings. The summed E-state index contributed by atoms with van der Waals surface area (Å²) in [6.45, 7) is 1.79. The zero-order valence-corrected chi connectivity index (χ0v) is 22.7. The third-order valence-electron chi connectivity index (χ3n) is 5.77. The fourth-order valence-corrected chi connectivity index (χ4v) is 3.60. The van der Waals surface area contributed by atoms with Crippen LogP contribution in [0.3, 0.4) is 0 Å². The lowest BCUT2D eigenvalue weighted by Gasteiger charge is -2.34. The Morgan fingerprint density at radius 3 is 1.92 bits per heavy atom. The van der Waals surface area contributed by atoms with E-state index in [-0.39, 0.29) is 25.3 Å². The Morgan fingerprint density at radius 2 is 1.41 bits per heavy atom. The van der Waals surface area contributed by atoms with Gasteiger partial charge in [-0.3, -0.25) is 19.7 Å². The Bertz CT molecular complexity index is 1110. The fraction of sp³-hybridized carbons (Fsp3) is 0.407. The lowest BCUT2D eigenvalue weighted by atomic mass is 9.88. The van der Waals surface area contributed by atoms with E-state index in [2.05, 4.69) is 10.6 Å². The van der Waals surface area contributed by atoms with Crippen LogP contribution in [0.1, 0.15) is 36.2 Å². The number of hydrogen-bond donors (Lipinski definition) is 2. The van der Waals surface area contributed by atoms with Gasteiger partial charge in [0.15, 0.2) is 11.5 Å². The van der Waals surface area contributed by atoms with Crippen molar-refractivity contribution >= 4 is 23.8 Å². The van der Waals surface area contributed by atoms with Crippen molar-refractivity contribution in [2.45, 2.75) is 25.8 Å². The first-order chi connectivity index (χ1) is 18.7. The number of nitrogens with one attached hydrogen (secondary N) is 2. The van der Waals surface area contributed by atoms with Gasteiger partial charge in [0.1, 0.15) is 13.2 Å². The molecule has 0 saturated heterocycles. The van der Waals surface area contributed by atoms with Crippen molar-refractivity contribution in [1.82, 2.24) is 10.6 Å². The number of rotatable bonds is 15. The van der Waals surface area contributed by atoms with Gasteiger partial charge in [-0.05, 0) is 24.1 Å². The molecule has 0 bridgehead atoms. The van der Waals surface area contributed by atoms with Gasteiger partial charge < -0.3 is 33.7 Å². The highest BCUT2D eigenvalue weighted by molar-refractivity contribution is 5.91. The molecule has 12 heteroatoms. The molecule has 39 heavy (non-hydrogen) atoms. The topological polar surface area (TPSA) is 148 Å². The van der Waals surface area contributed by atoms with Crippen LogP contribution >= 0.6 is 0 Å². The molecule has 0 saturated carbocycles. The fourth-order valence-electron chi connectivity index (χ4n) is 3.60.